The molecule has 2 rings (SSSR count). The van der Waals surface area contributed by atoms with Gasteiger partial charge in [-0.25, -0.2) is 9.67 Å². The molecule has 1 atom stereocenters. The van der Waals surface area contributed by atoms with Gasteiger partial charge >= 0.3 is 0 Å². The van der Waals surface area contributed by atoms with Crippen molar-refractivity contribution >= 4 is 5.91 Å². The highest BCUT2D eigenvalue weighted by Crippen LogP contribution is 2.12. The molecule has 0 bridgehead atoms. The summed E-state index contributed by atoms with van der Waals surface area (Å²) < 4.78 is 1.58. The Labute approximate surface area is 130 Å². The van der Waals surface area contributed by atoms with Gasteiger partial charge < -0.3 is 10.4 Å². The molecule has 2 aromatic heterocycles. The van der Waals surface area contributed by atoms with Crippen LogP contribution in [-0.4, -0.2) is 38.9 Å². The third-order valence-corrected chi connectivity index (χ3v) is 3.54. The normalized spacial score (nSPS) is 12.1. The number of aromatic nitrogens is 3. The molecule has 1 amide bonds. The van der Waals surface area contributed by atoms with Gasteiger partial charge in [-0.15, -0.1) is 0 Å². The molecule has 0 radical (unpaired) electrons. The van der Waals surface area contributed by atoms with Gasteiger partial charge in [0.05, 0.1) is 5.56 Å². The molecule has 2 heterocycles. The van der Waals surface area contributed by atoms with Gasteiger partial charge in [-0.1, -0.05) is 13.3 Å². The van der Waals surface area contributed by atoms with Gasteiger partial charge in [-0.3, -0.25) is 4.79 Å². The molecule has 22 heavy (non-hydrogen) atoms. The predicted molar refractivity (Wildman–Crippen MR) is 83.8 cm³/mol. The monoisotopic (exact) mass is 302 g/mol. The minimum absolute atomic E-state index is 0.145. The second-order valence-electron chi connectivity index (χ2n) is 5.20. The van der Waals surface area contributed by atoms with Crippen LogP contribution in [0.15, 0.2) is 36.8 Å². The number of hydrogen-bond donors (Lipinski definition) is 2. The van der Waals surface area contributed by atoms with Crippen molar-refractivity contribution in [2.75, 3.05) is 13.2 Å². The van der Waals surface area contributed by atoms with Crippen LogP contribution in [0.3, 0.4) is 0 Å². The second-order valence-corrected chi connectivity index (χ2v) is 5.20. The fourth-order valence-corrected chi connectivity index (χ4v) is 2.42. The molecule has 0 aliphatic heterocycles. The maximum atomic E-state index is 12.4. The molecule has 0 saturated carbocycles. The Balaban J connectivity index is 2.07. The van der Waals surface area contributed by atoms with Crippen LogP contribution in [0, 0.1) is 5.92 Å². The van der Waals surface area contributed by atoms with Gasteiger partial charge in [0.25, 0.3) is 5.91 Å². The first-order valence-corrected chi connectivity index (χ1v) is 7.60. The highest BCUT2D eigenvalue weighted by atomic mass is 16.3. The van der Waals surface area contributed by atoms with E-state index in [-0.39, 0.29) is 12.5 Å². The molecule has 0 spiro atoms. The van der Waals surface area contributed by atoms with Crippen molar-refractivity contribution in [3.63, 3.8) is 0 Å². The number of rotatable bonds is 8. The predicted octanol–water partition coefficient (Wildman–Crippen LogP) is 1.80. The average Bonchev–Trinajstić information content (AvgIpc) is 3.07. The Morgan fingerprint density at radius 2 is 2.23 bits per heavy atom. The summed E-state index contributed by atoms with van der Waals surface area (Å²) in [5.74, 6) is 0.639. The highest BCUT2D eigenvalue weighted by molar-refractivity contribution is 5.97. The number of carbonyl (C=O) groups excluding carboxylic acids is 1. The van der Waals surface area contributed by atoms with E-state index in [4.69, 9.17) is 5.11 Å². The lowest BCUT2D eigenvalue weighted by Crippen LogP contribution is -2.30. The topological polar surface area (TPSA) is 80.0 Å². The van der Waals surface area contributed by atoms with Gasteiger partial charge in [0.1, 0.15) is 0 Å². The van der Waals surface area contributed by atoms with Crippen LogP contribution in [-0.2, 0) is 0 Å². The summed E-state index contributed by atoms with van der Waals surface area (Å²) in [4.78, 5) is 16.7. The SMILES string of the molecule is CCCC(CCO)CNC(=O)c1cccnc1-n1cccn1. The lowest BCUT2D eigenvalue weighted by atomic mass is 10.00. The highest BCUT2D eigenvalue weighted by Gasteiger charge is 2.15. The number of nitrogens with one attached hydrogen (secondary N) is 1. The lowest BCUT2D eigenvalue weighted by Gasteiger charge is -2.16. The van der Waals surface area contributed by atoms with E-state index >= 15 is 0 Å². The summed E-state index contributed by atoms with van der Waals surface area (Å²) in [5.41, 5.74) is 0.491. The maximum Gasteiger partial charge on any atom is 0.255 e. The van der Waals surface area contributed by atoms with E-state index in [1.54, 1.807) is 41.5 Å². The second kappa shape index (κ2) is 8.29. The molecule has 2 N–H and O–H groups in total. The average molecular weight is 302 g/mol. The first kappa shape index (κ1) is 16.2. The number of aliphatic hydroxyl groups excluding tert-OH is 1. The third kappa shape index (κ3) is 4.14. The number of hydrogen-bond acceptors (Lipinski definition) is 4. The van der Waals surface area contributed by atoms with Crippen LogP contribution < -0.4 is 5.32 Å². The maximum absolute atomic E-state index is 12.4. The smallest absolute Gasteiger partial charge is 0.255 e. The van der Waals surface area contributed by atoms with Crippen molar-refractivity contribution in [3.8, 4) is 5.82 Å². The minimum Gasteiger partial charge on any atom is -0.396 e. The third-order valence-electron chi connectivity index (χ3n) is 3.54. The van der Waals surface area contributed by atoms with Gasteiger partial charge in [0, 0.05) is 31.7 Å². The van der Waals surface area contributed by atoms with Crippen molar-refractivity contribution in [3.05, 3.63) is 42.4 Å². The summed E-state index contributed by atoms with van der Waals surface area (Å²) in [7, 11) is 0. The van der Waals surface area contributed by atoms with E-state index < -0.39 is 0 Å². The molecular formula is C16H22N4O2. The van der Waals surface area contributed by atoms with Crippen molar-refractivity contribution in [1.29, 1.82) is 0 Å². The fourth-order valence-electron chi connectivity index (χ4n) is 2.42. The Bertz CT molecular complexity index is 578. The summed E-state index contributed by atoms with van der Waals surface area (Å²) in [5, 5.41) is 16.1. The van der Waals surface area contributed by atoms with Crippen LogP contribution in [0.5, 0.6) is 0 Å². The molecule has 2 aromatic rings. The largest absolute Gasteiger partial charge is 0.396 e. The molecule has 0 aliphatic carbocycles. The molecule has 1 unspecified atom stereocenters. The molecule has 0 fully saturated rings. The summed E-state index contributed by atoms with van der Waals surface area (Å²) in [6.07, 6.45) is 7.76. The van der Waals surface area contributed by atoms with E-state index in [2.05, 4.69) is 22.3 Å². The van der Waals surface area contributed by atoms with Crippen LogP contribution in [0.25, 0.3) is 5.82 Å². The van der Waals surface area contributed by atoms with Crippen LogP contribution in [0.2, 0.25) is 0 Å². The first-order chi connectivity index (χ1) is 10.8. The van der Waals surface area contributed by atoms with Gasteiger partial charge in [-0.2, -0.15) is 5.10 Å². The Hall–Kier alpha value is -2.21. The number of carbonyl (C=O) groups is 1. The van der Waals surface area contributed by atoms with Crippen molar-refractivity contribution < 1.29 is 9.90 Å². The van der Waals surface area contributed by atoms with Crippen LogP contribution in [0.1, 0.15) is 36.5 Å². The van der Waals surface area contributed by atoms with Crippen LogP contribution in [0.4, 0.5) is 0 Å². The van der Waals surface area contributed by atoms with E-state index in [1.807, 2.05) is 0 Å². The van der Waals surface area contributed by atoms with E-state index in [9.17, 15) is 4.79 Å². The zero-order chi connectivity index (χ0) is 15.8. The summed E-state index contributed by atoms with van der Waals surface area (Å²) >= 11 is 0. The van der Waals surface area contributed by atoms with Gasteiger partial charge in [0.2, 0.25) is 0 Å². The van der Waals surface area contributed by atoms with E-state index in [1.165, 1.54) is 0 Å². The Kier molecular flexibility index (Phi) is 6.09. The standard InChI is InChI=1S/C16H22N4O2/c1-2-5-13(7-11-21)12-18-16(22)14-6-3-8-17-15(14)20-10-4-9-19-20/h3-4,6,8-10,13,21H,2,5,7,11-12H2,1H3,(H,18,22). The number of aliphatic hydroxyl groups is 1. The molecule has 6 heteroatoms. The molecular weight excluding hydrogens is 280 g/mol. The summed E-state index contributed by atoms with van der Waals surface area (Å²) in [6, 6.07) is 5.26. The van der Waals surface area contributed by atoms with Gasteiger partial charge in [0.15, 0.2) is 5.82 Å². The Morgan fingerprint density at radius 1 is 1.36 bits per heavy atom. The fraction of sp³-hybridized carbons (Fsp3) is 0.438. The Morgan fingerprint density at radius 3 is 2.91 bits per heavy atom. The molecule has 118 valence electrons. The first-order valence-electron chi connectivity index (χ1n) is 7.60. The molecule has 6 nitrogen and oxygen atoms in total. The molecule has 0 aromatic carbocycles. The number of pyridine rings is 1. The minimum atomic E-state index is -0.169. The van der Waals surface area contributed by atoms with Crippen molar-refractivity contribution in [2.45, 2.75) is 26.2 Å². The summed E-state index contributed by atoms with van der Waals surface area (Å²) in [6.45, 7) is 2.80. The molecule has 0 aliphatic rings. The van der Waals surface area contributed by atoms with Crippen molar-refractivity contribution in [1.82, 2.24) is 20.1 Å². The van der Waals surface area contributed by atoms with E-state index in [0.717, 1.165) is 12.8 Å². The van der Waals surface area contributed by atoms with Gasteiger partial charge in [-0.05, 0) is 37.0 Å². The van der Waals surface area contributed by atoms with E-state index in [0.29, 0.717) is 30.3 Å². The molecule has 0 saturated heterocycles. The number of amides is 1. The zero-order valence-corrected chi connectivity index (χ0v) is 12.8. The zero-order valence-electron chi connectivity index (χ0n) is 12.8. The van der Waals surface area contributed by atoms with Crippen molar-refractivity contribution in [2.24, 2.45) is 5.92 Å². The number of nitrogens with zero attached hydrogens (tertiary/aromatic N) is 3. The van der Waals surface area contributed by atoms with Crippen LogP contribution >= 0.6 is 0 Å². The lowest BCUT2D eigenvalue weighted by molar-refractivity contribution is 0.0942. The quantitative estimate of drug-likeness (QED) is 0.779.